The molecular formula is C9H11N5OS. The molecule has 0 amide bonds. The van der Waals surface area contributed by atoms with E-state index in [9.17, 15) is 0 Å². The van der Waals surface area contributed by atoms with E-state index in [-0.39, 0.29) is 12.0 Å². The van der Waals surface area contributed by atoms with E-state index in [1.807, 2.05) is 0 Å². The summed E-state index contributed by atoms with van der Waals surface area (Å²) in [5.74, 6) is 0.235. The summed E-state index contributed by atoms with van der Waals surface area (Å²) >= 11 is 4.85. The van der Waals surface area contributed by atoms with E-state index in [4.69, 9.17) is 17.3 Å². The first-order valence-corrected chi connectivity index (χ1v) is 5.04. The largest absolute Gasteiger partial charge is 0.508 e. The number of hydrazine groups is 1. The number of nitrogens with one attached hydrogen (secondary N) is 4. The number of hydrogen-bond acceptors (Lipinski definition) is 5. The number of hydrazone groups is 1. The number of hydrogen-bond donors (Lipinski definition) is 5. The summed E-state index contributed by atoms with van der Waals surface area (Å²) in [4.78, 5) is 0. The third-order valence-corrected chi connectivity index (χ3v) is 2.14. The topological polar surface area (TPSA) is 80.7 Å². The Hall–Kier alpha value is -1.86. The second kappa shape index (κ2) is 4.77. The quantitative estimate of drug-likeness (QED) is 0.279. The minimum atomic E-state index is -0.221. The Morgan fingerprint density at radius 3 is 2.75 bits per heavy atom. The second-order valence-corrected chi connectivity index (χ2v) is 3.56. The van der Waals surface area contributed by atoms with Gasteiger partial charge < -0.3 is 10.4 Å². The van der Waals surface area contributed by atoms with Crippen molar-refractivity contribution in [2.45, 2.75) is 6.29 Å². The zero-order chi connectivity index (χ0) is 11.4. The van der Waals surface area contributed by atoms with Crippen LogP contribution in [0.3, 0.4) is 0 Å². The fourth-order valence-electron chi connectivity index (χ4n) is 1.15. The molecular weight excluding hydrogens is 226 g/mol. The van der Waals surface area contributed by atoms with Crippen molar-refractivity contribution in [3.8, 4) is 5.75 Å². The molecule has 7 heteroatoms. The van der Waals surface area contributed by atoms with E-state index in [2.05, 4.69) is 26.7 Å². The van der Waals surface area contributed by atoms with Crippen molar-refractivity contribution in [2.24, 2.45) is 5.10 Å². The van der Waals surface area contributed by atoms with Gasteiger partial charge in [0.25, 0.3) is 0 Å². The van der Waals surface area contributed by atoms with Gasteiger partial charge in [-0.25, -0.2) is 0 Å². The fraction of sp³-hybridized carbons (Fsp3) is 0.111. The zero-order valence-corrected chi connectivity index (χ0v) is 9.08. The Morgan fingerprint density at radius 1 is 1.38 bits per heavy atom. The van der Waals surface area contributed by atoms with Gasteiger partial charge >= 0.3 is 0 Å². The van der Waals surface area contributed by atoms with Crippen molar-refractivity contribution in [1.29, 1.82) is 0 Å². The molecule has 0 saturated carbocycles. The van der Waals surface area contributed by atoms with Crippen molar-refractivity contribution in [2.75, 3.05) is 0 Å². The van der Waals surface area contributed by atoms with Crippen LogP contribution < -0.4 is 21.6 Å². The van der Waals surface area contributed by atoms with Crippen LogP contribution in [0.15, 0.2) is 29.4 Å². The highest BCUT2D eigenvalue weighted by Crippen LogP contribution is 2.07. The highest BCUT2D eigenvalue weighted by atomic mass is 32.1. The lowest BCUT2D eigenvalue weighted by Crippen LogP contribution is -2.44. The maximum atomic E-state index is 9.08. The molecule has 0 aromatic heterocycles. The maximum Gasteiger partial charge on any atom is 0.186 e. The van der Waals surface area contributed by atoms with Crippen LogP contribution in [0.1, 0.15) is 5.56 Å². The molecule has 1 aliphatic heterocycles. The lowest BCUT2D eigenvalue weighted by molar-refractivity contribution is 0.445. The van der Waals surface area contributed by atoms with Crippen LogP contribution in [0.2, 0.25) is 0 Å². The molecule has 1 fully saturated rings. The van der Waals surface area contributed by atoms with Crippen LogP contribution in [0.4, 0.5) is 0 Å². The SMILES string of the molecule is Oc1ccc(/C=N/NC2NNC(=S)N2)cc1. The zero-order valence-electron chi connectivity index (χ0n) is 8.27. The molecule has 0 aliphatic carbocycles. The third-order valence-electron chi connectivity index (χ3n) is 1.92. The van der Waals surface area contributed by atoms with Crippen LogP contribution in [-0.4, -0.2) is 22.7 Å². The van der Waals surface area contributed by atoms with Crippen LogP contribution >= 0.6 is 12.2 Å². The molecule has 0 radical (unpaired) electrons. The molecule has 6 nitrogen and oxygen atoms in total. The number of thiocarbonyl (C=S) groups is 1. The minimum Gasteiger partial charge on any atom is -0.508 e. The Balaban J connectivity index is 1.85. The van der Waals surface area contributed by atoms with Crippen LogP contribution in [0, 0.1) is 0 Å². The van der Waals surface area contributed by atoms with E-state index < -0.39 is 0 Å². The first kappa shape index (κ1) is 10.7. The van der Waals surface area contributed by atoms with Gasteiger partial charge in [0.05, 0.1) is 6.21 Å². The minimum absolute atomic E-state index is 0.221. The van der Waals surface area contributed by atoms with Gasteiger partial charge in [-0.2, -0.15) is 10.5 Å². The van der Waals surface area contributed by atoms with Gasteiger partial charge in [-0.3, -0.25) is 10.9 Å². The molecule has 5 N–H and O–H groups in total. The van der Waals surface area contributed by atoms with E-state index >= 15 is 0 Å². The fourth-order valence-corrected chi connectivity index (χ4v) is 1.33. The summed E-state index contributed by atoms with van der Waals surface area (Å²) in [7, 11) is 0. The predicted octanol–water partition coefficient (Wildman–Crippen LogP) is -0.418. The molecule has 0 spiro atoms. The van der Waals surface area contributed by atoms with E-state index in [0.29, 0.717) is 5.11 Å². The summed E-state index contributed by atoms with van der Waals surface area (Å²) in [6.45, 7) is 0. The molecule has 0 bridgehead atoms. The van der Waals surface area contributed by atoms with E-state index in [1.165, 1.54) is 0 Å². The Bertz CT molecular complexity index is 405. The molecule has 1 aliphatic rings. The number of nitrogens with zero attached hydrogens (tertiary/aromatic N) is 1. The van der Waals surface area contributed by atoms with Gasteiger partial charge in [-0.05, 0) is 42.0 Å². The molecule has 2 rings (SSSR count). The highest BCUT2D eigenvalue weighted by Gasteiger charge is 2.13. The number of benzene rings is 1. The van der Waals surface area contributed by atoms with Crippen LogP contribution in [0.25, 0.3) is 0 Å². The second-order valence-electron chi connectivity index (χ2n) is 3.15. The molecule has 84 valence electrons. The lowest BCUT2D eigenvalue weighted by atomic mass is 10.2. The molecule has 1 atom stereocenters. The smallest absolute Gasteiger partial charge is 0.186 e. The summed E-state index contributed by atoms with van der Waals surface area (Å²) < 4.78 is 0. The van der Waals surface area contributed by atoms with Gasteiger partial charge in [0.2, 0.25) is 0 Å². The number of phenolic OH excluding ortho intramolecular Hbond substituents is 1. The van der Waals surface area contributed by atoms with Gasteiger partial charge in [0.1, 0.15) is 5.75 Å². The maximum absolute atomic E-state index is 9.08. The van der Waals surface area contributed by atoms with Crippen LogP contribution in [0.5, 0.6) is 5.75 Å². The first-order valence-electron chi connectivity index (χ1n) is 4.64. The molecule has 1 heterocycles. The standard InChI is InChI=1S/C9H11N5OS/c15-7-3-1-6(2-4-7)5-10-12-8-11-9(16)14-13-8/h1-5,8,12-13,15H,(H2,11,14,16)/b10-5+. The monoisotopic (exact) mass is 237 g/mol. The Kier molecular flexibility index (Phi) is 3.18. The van der Waals surface area contributed by atoms with Gasteiger partial charge in [-0.15, -0.1) is 0 Å². The number of phenols is 1. The lowest BCUT2D eigenvalue weighted by Gasteiger charge is -2.07. The average molecular weight is 237 g/mol. The van der Waals surface area contributed by atoms with Gasteiger partial charge in [0.15, 0.2) is 11.4 Å². The summed E-state index contributed by atoms with van der Waals surface area (Å²) in [5, 5.41) is 16.5. The van der Waals surface area contributed by atoms with Gasteiger partial charge in [0, 0.05) is 0 Å². The van der Waals surface area contributed by atoms with Crippen molar-refractivity contribution < 1.29 is 5.11 Å². The summed E-state index contributed by atoms with van der Waals surface area (Å²) in [5.41, 5.74) is 9.26. The van der Waals surface area contributed by atoms with Crippen molar-refractivity contribution in [1.82, 2.24) is 21.6 Å². The van der Waals surface area contributed by atoms with E-state index in [0.717, 1.165) is 5.56 Å². The predicted molar refractivity (Wildman–Crippen MR) is 64.6 cm³/mol. The number of rotatable bonds is 3. The van der Waals surface area contributed by atoms with Crippen LogP contribution in [-0.2, 0) is 0 Å². The average Bonchev–Trinajstić information content (AvgIpc) is 2.67. The molecule has 1 saturated heterocycles. The summed E-state index contributed by atoms with van der Waals surface area (Å²) in [6, 6.07) is 6.73. The highest BCUT2D eigenvalue weighted by molar-refractivity contribution is 7.80. The first-order chi connectivity index (χ1) is 7.74. The van der Waals surface area contributed by atoms with Crippen molar-refractivity contribution in [3.05, 3.63) is 29.8 Å². The van der Waals surface area contributed by atoms with Gasteiger partial charge in [-0.1, -0.05) is 0 Å². The Morgan fingerprint density at radius 2 is 2.12 bits per heavy atom. The van der Waals surface area contributed by atoms with Crippen molar-refractivity contribution >= 4 is 23.5 Å². The molecule has 1 aromatic carbocycles. The normalized spacial score (nSPS) is 19.5. The molecule has 1 unspecified atom stereocenters. The molecule has 1 aromatic rings. The summed E-state index contributed by atoms with van der Waals surface area (Å²) in [6.07, 6.45) is 1.42. The third kappa shape index (κ3) is 2.81. The number of aromatic hydroxyl groups is 1. The Labute approximate surface area is 97.7 Å². The van der Waals surface area contributed by atoms with E-state index in [1.54, 1.807) is 30.5 Å². The van der Waals surface area contributed by atoms with Crippen molar-refractivity contribution in [3.63, 3.8) is 0 Å². The molecule has 16 heavy (non-hydrogen) atoms.